The van der Waals surface area contributed by atoms with Crippen LogP contribution in [0.5, 0.6) is 0 Å². The number of hydrogen-bond acceptors (Lipinski definition) is 6. The Morgan fingerprint density at radius 1 is 1.12 bits per heavy atom. The van der Waals surface area contributed by atoms with Gasteiger partial charge in [0.1, 0.15) is 24.2 Å². The number of nitrogens with one attached hydrogen (secondary N) is 2. The molecule has 1 aliphatic heterocycles. The first kappa shape index (κ1) is 25.3. The summed E-state index contributed by atoms with van der Waals surface area (Å²) < 4.78 is 0. The molecule has 0 aromatic heterocycles. The minimum atomic E-state index is -1.17. The number of nitrogens with two attached hydrogens (primary N) is 1. The van der Waals surface area contributed by atoms with Crippen molar-refractivity contribution >= 4 is 23.7 Å². The molecule has 1 fully saturated rings. The molecular weight excluding hydrogens is 416 g/mol. The van der Waals surface area contributed by atoms with Gasteiger partial charge in [0.15, 0.2) is 0 Å². The fraction of sp³-hybridized carbons (Fsp3) is 0.545. The number of likely N-dealkylation sites (tertiary alicyclic amines) is 1. The lowest BCUT2D eigenvalue weighted by Gasteiger charge is -2.30. The zero-order valence-electron chi connectivity index (χ0n) is 18.4. The van der Waals surface area contributed by atoms with E-state index in [0.717, 1.165) is 5.56 Å². The van der Waals surface area contributed by atoms with E-state index >= 15 is 0 Å². The fourth-order valence-corrected chi connectivity index (χ4v) is 3.68. The van der Waals surface area contributed by atoms with Crippen LogP contribution in [-0.4, -0.2) is 76.1 Å². The molecule has 1 heterocycles. The third-order valence-electron chi connectivity index (χ3n) is 5.50. The van der Waals surface area contributed by atoms with Crippen LogP contribution in [0.25, 0.3) is 0 Å². The molecule has 0 aliphatic carbocycles. The first-order valence-electron chi connectivity index (χ1n) is 10.7. The Kier molecular flexibility index (Phi) is 9.15. The smallest absolute Gasteiger partial charge is 0.326 e. The number of carboxylic acid groups (broad SMARTS) is 1. The number of carboxylic acids is 1. The van der Waals surface area contributed by atoms with Crippen molar-refractivity contribution in [2.45, 2.75) is 57.3 Å². The number of rotatable bonds is 10. The van der Waals surface area contributed by atoms with Gasteiger partial charge < -0.3 is 31.5 Å². The van der Waals surface area contributed by atoms with Crippen molar-refractivity contribution in [2.24, 2.45) is 11.7 Å². The Hall–Kier alpha value is -2.98. The highest BCUT2D eigenvalue weighted by Crippen LogP contribution is 2.20. The molecule has 10 nitrogen and oxygen atoms in total. The van der Waals surface area contributed by atoms with E-state index in [4.69, 9.17) is 10.8 Å². The summed E-state index contributed by atoms with van der Waals surface area (Å²) in [6, 6.07) is 4.97. The number of benzene rings is 1. The van der Waals surface area contributed by atoms with Crippen molar-refractivity contribution < 1.29 is 29.4 Å². The molecule has 32 heavy (non-hydrogen) atoms. The molecule has 0 spiro atoms. The van der Waals surface area contributed by atoms with Gasteiger partial charge in [-0.1, -0.05) is 44.2 Å². The van der Waals surface area contributed by atoms with E-state index in [1.54, 1.807) is 13.8 Å². The fourth-order valence-electron chi connectivity index (χ4n) is 3.68. The zero-order chi connectivity index (χ0) is 23.8. The Balaban J connectivity index is 2.24. The van der Waals surface area contributed by atoms with Crippen molar-refractivity contribution in [2.75, 3.05) is 13.2 Å². The summed E-state index contributed by atoms with van der Waals surface area (Å²) in [6.45, 7) is 3.18. The molecule has 3 amide bonds. The van der Waals surface area contributed by atoms with Crippen LogP contribution in [0, 0.1) is 5.92 Å². The number of carbonyl (C=O) groups is 4. The number of amides is 3. The first-order valence-corrected chi connectivity index (χ1v) is 10.7. The van der Waals surface area contributed by atoms with Crippen LogP contribution in [0.2, 0.25) is 0 Å². The van der Waals surface area contributed by atoms with Crippen LogP contribution in [-0.2, 0) is 25.6 Å². The second-order valence-corrected chi connectivity index (χ2v) is 8.30. The summed E-state index contributed by atoms with van der Waals surface area (Å²) in [4.78, 5) is 51.3. The molecule has 1 aromatic carbocycles. The molecular formula is C22H32N4O6. The van der Waals surface area contributed by atoms with Gasteiger partial charge in [-0.25, -0.2) is 4.79 Å². The number of aliphatic hydroxyl groups is 1. The van der Waals surface area contributed by atoms with Crippen LogP contribution in [0.3, 0.4) is 0 Å². The summed E-state index contributed by atoms with van der Waals surface area (Å²) in [7, 11) is 0. The first-order chi connectivity index (χ1) is 15.1. The van der Waals surface area contributed by atoms with E-state index < -0.39 is 54.5 Å². The Morgan fingerprint density at radius 3 is 2.34 bits per heavy atom. The normalized spacial score (nSPS) is 18.7. The molecule has 4 atom stereocenters. The zero-order valence-corrected chi connectivity index (χ0v) is 18.4. The number of nitrogens with zero attached hydrogens (tertiary/aromatic N) is 1. The van der Waals surface area contributed by atoms with Gasteiger partial charge in [-0.3, -0.25) is 14.4 Å². The molecule has 6 N–H and O–H groups in total. The standard InChI is InChI=1S/C22H32N4O6/c1-13(2)18(25-19(28)15(23)12-27)20(29)24-16(11-14-7-4-3-5-8-14)21(30)26-10-6-9-17(26)22(31)32/h3-5,7-8,13,15-18,27H,6,9-12,23H2,1-2H3,(H,24,29)(H,25,28)(H,31,32). The summed E-state index contributed by atoms with van der Waals surface area (Å²) >= 11 is 0. The topological polar surface area (TPSA) is 162 Å². The number of carbonyl (C=O) groups excluding carboxylic acids is 3. The van der Waals surface area contributed by atoms with Crippen molar-refractivity contribution in [3.63, 3.8) is 0 Å². The molecule has 1 aromatic rings. The Bertz CT molecular complexity index is 816. The van der Waals surface area contributed by atoms with Gasteiger partial charge in [-0.2, -0.15) is 0 Å². The molecule has 1 saturated heterocycles. The summed E-state index contributed by atoms with van der Waals surface area (Å²) in [5, 5.41) is 23.8. The molecule has 0 bridgehead atoms. The molecule has 0 saturated carbocycles. The average molecular weight is 449 g/mol. The van der Waals surface area contributed by atoms with Gasteiger partial charge in [0.2, 0.25) is 17.7 Å². The van der Waals surface area contributed by atoms with Gasteiger partial charge in [-0.05, 0) is 24.3 Å². The average Bonchev–Trinajstić information content (AvgIpc) is 3.26. The maximum atomic E-state index is 13.3. The molecule has 176 valence electrons. The largest absolute Gasteiger partial charge is 0.480 e. The lowest BCUT2D eigenvalue weighted by molar-refractivity contribution is -0.149. The van der Waals surface area contributed by atoms with E-state index in [9.17, 15) is 24.3 Å². The number of aliphatic carboxylic acids is 1. The van der Waals surface area contributed by atoms with Crippen molar-refractivity contribution in [1.82, 2.24) is 15.5 Å². The molecule has 10 heteroatoms. The van der Waals surface area contributed by atoms with Gasteiger partial charge in [0, 0.05) is 13.0 Å². The predicted molar refractivity (Wildman–Crippen MR) is 116 cm³/mol. The highest BCUT2D eigenvalue weighted by atomic mass is 16.4. The van der Waals surface area contributed by atoms with E-state index in [1.165, 1.54) is 4.90 Å². The number of hydrogen-bond donors (Lipinski definition) is 5. The van der Waals surface area contributed by atoms with Crippen LogP contribution in [0.15, 0.2) is 30.3 Å². The maximum absolute atomic E-state index is 13.3. The predicted octanol–water partition coefficient (Wildman–Crippen LogP) is -0.750. The van der Waals surface area contributed by atoms with Gasteiger partial charge in [0.05, 0.1) is 6.61 Å². The lowest BCUT2D eigenvalue weighted by Crippen LogP contribution is -2.59. The van der Waals surface area contributed by atoms with Crippen LogP contribution < -0.4 is 16.4 Å². The minimum Gasteiger partial charge on any atom is -0.480 e. The summed E-state index contributed by atoms with van der Waals surface area (Å²) in [6.07, 6.45) is 1.10. The quantitative estimate of drug-likeness (QED) is 0.314. The van der Waals surface area contributed by atoms with Gasteiger partial charge >= 0.3 is 5.97 Å². The van der Waals surface area contributed by atoms with Crippen molar-refractivity contribution in [3.05, 3.63) is 35.9 Å². The minimum absolute atomic E-state index is 0.170. The second-order valence-electron chi connectivity index (χ2n) is 8.30. The van der Waals surface area contributed by atoms with Crippen LogP contribution in [0.4, 0.5) is 0 Å². The molecule has 0 radical (unpaired) electrons. The highest BCUT2D eigenvalue weighted by molar-refractivity contribution is 5.94. The molecule has 2 rings (SSSR count). The van der Waals surface area contributed by atoms with Gasteiger partial charge in [-0.15, -0.1) is 0 Å². The van der Waals surface area contributed by atoms with Crippen molar-refractivity contribution in [3.8, 4) is 0 Å². The van der Waals surface area contributed by atoms with E-state index in [1.807, 2.05) is 30.3 Å². The van der Waals surface area contributed by atoms with E-state index in [-0.39, 0.29) is 12.3 Å². The number of aliphatic hydroxyl groups excluding tert-OH is 1. The molecule has 1 aliphatic rings. The third-order valence-corrected chi connectivity index (χ3v) is 5.50. The van der Waals surface area contributed by atoms with E-state index in [0.29, 0.717) is 19.4 Å². The molecule has 4 unspecified atom stereocenters. The SMILES string of the molecule is CC(C)C(NC(=O)C(N)CO)C(=O)NC(Cc1ccccc1)C(=O)N1CCCC1C(=O)O. The van der Waals surface area contributed by atoms with Gasteiger partial charge in [0.25, 0.3) is 0 Å². The third kappa shape index (κ3) is 6.51. The monoisotopic (exact) mass is 448 g/mol. The second kappa shape index (κ2) is 11.6. The van der Waals surface area contributed by atoms with Crippen LogP contribution >= 0.6 is 0 Å². The maximum Gasteiger partial charge on any atom is 0.326 e. The highest BCUT2D eigenvalue weighted by Gasteiger charge is 2.38. The van der Waals surface area contributed by atoms with E-state index in [2.05, 4.69) is 10.6 Å². The summed E-state index contributed by atoms with van der Waals surface area (Å²) in [5.74, 6) is -3.15. The summed E-state index contributed by atoms with van der Waals surface area (Å²) in [5.41, 5.74) is 6.33. The lowest BCUT2D eigenvalue weighted by atomic mass is 10.00. The Labute approximate surface area is 187 Å². The van der Waals surface area contributed by atoms with Crippen LogP contribution in [0.1, 0.15) is 32.3 Å². The van der Waals surface area contributed by atoms with Crippen molar-refractivity contribution in [1.29, 1.82) is 0 Å². The Morgan fingerprint density at radius 2 is 1.78 bits per heavy atom.